The molecular weight excluding hydrogens is 360 g/mol. The van der Waals surface area contributed by atoms with Crippen molar-refractivity contribution in [2.24, 2.45) is 0 Å². The standard InChI is InChI=1S/C24H22N4O/c1-16-13-20(10-12-26-16)18-5-7-23(8-6-18)28-24(29)27-17(2)19-3-4-22-15-25-11-9-21(22)14-19/h3-15,17H,1-2H3,(H2,27,28,29). The van der Waals surface area contributed by atoms with Crippen LogP contribution in [0, 0.1) is 6.92 Å². The molecule has 1 atom stereocenters. The van der Waals surface area contributed by atoms with Gasteiger partial charge in [0.1, 0.15) is 0 Å². The molecule has 0 spiro atoms. The van der Waals surface area contributed by atoms with Crippen LogP contribution >= 0.6 is 0 Å². The zero-order chi connectivity index (χ0) is 20.2. The van der Waals surface area contributed by atoms with Crippen LogP contribution in [0.25, 0.3) is 21.9 Å². The molecule has 2 N–H and O–H groups in total. The molecule has 2 amide bonds. The smallest absolute Gasteiger partial charge is 0.319 e. The number of amides is 2. The number of aromatic nitrogens is 2. The van der Waals surface area contributed by atoms with Gasteiger partial charge >= 0.3 is 6.03 Å². The lowest BCUT2D eigenvalue weighted by atomic mass is 10.0. The molecule has 4 aromatic rings. The highest BCUT2D eigenvalue weighted by molar-refractivity contribution is 5.90. The zero-order valence-electron chi connectivity index (χ0n) is 16.4. The van der Waals surface area contributed by atoms with Gasteiger partial charge in [-0.1, -0.05) is 24.3 Å². The van der Waals surface area contributed by atoms with Gasteiger partial charge in [-0.3, -0.25) is 9.97 Å². The molecular formula is C24H22N4O. The second kappa shape index (κ2) is 8.10. The maximum atomic E-state index is 12.4. The number of hydrogen-bond acceptors (Lipinski definition) is 3. The number of pyridine rings is 2. The summed E-state index contributed by atoms with van der Waals surface area (Å²) >= 11 is 0. The topological polar surface area (TPSA) is 66.9 Å². The number of rotatable bonds is 4. The van der Waals surface area contributed by atoms with Gasteiger partial charge in [-0.2, -0.15) is 0 Å². The summed E-state index contributed by atoms with van der Waals surface area (Å²) in [4.78, 5) is 20.8. The Labute approximate surface area is 169 Å². The Morgan fingerprint density at radius 2 is 1.72 bits per heavy atom. The Balaban J connectivity index is 1.41. The second-order valence-corrected chi connectivity index (χ2v) is 7.07. The molecule has 29 heavy (non-hydrogen) atoms. The molecule has 2 heterocycles. The first kappa shape index (κ1) is 18.6. The Hall–Kier alpha value is -3.73. The minimum atomic E-state index is -0.236. The van der Waals surface area contributed by atoms with Crippen LogP contribution in [0.4, 0.5) is 10.5 Å². The summed E-state index contributed by atoms with van der Waals surface area (Å²) < 4.78 is 0. The number of carbonyl (C=O) groups is 1. The van der Waals surface area contributed by atoms with Crippen LogP contribution < -0.4 is 10.6 Å². The van der Waals surface area contributed by atoms with Crippen molar-refractivity contribution in [1.82, 2.24) is 15.3 Å². The number of nitrogens with zero attached hydrogens (tertiary/aromatic N) is 2. The molecule has 5 heteroatoms. The van der Waals surface area contributed by atoms with E-state index in [0.29, 0.717) is 0 Å². The monoisotopic (exact) mass is 382 g/mol. The molecule has 0 radical (unpaired) electrons. The fourth-order valence-corrected chi connectivity index (χ4v) is 3.29. The van der Waals surface area contributed by atoms with Gasteiger partial charge in [0.25, 0.3) is 0 Å². The van der Waals surface area contributed by atoms with Crippen molar-refractivity contribution in [3.63, 3.8) is 0 Å². The molecule has 144 valence electrons. The molecule has 1 unspecified atom stereocenters. The zero-order valence-corrected chi connectivity index (χ0v) is 16.4. The minimum absolute atomic E-state index is 0.119. The summed E-state index contributed by atoms with van der Waals surface area (Å²) in [5.74, 6) is 0. The Kier molecular flexibility index (Phi) is 5.20. The lowest BCUT2D eigenvalue weighted by Gasteiger charge is -2.16. The van der Waals surface area contributed by atoms with E-state index in [4.69, 9.17) is 0 Å². The van der Waals surface area contributed by atoms with Crippen LogP contribution in [0.2, 0.25) is 0 Å². The third kappa shape index (κ3) is 4.41. The summed E-state index contributed by atoms with van der Waals surface area (Å²) in [6.45, 7) is 3.94. The van der Waals surface area contributed by atoms with E-state index in [1.165, 1.54) is 0 Å². The van der Waals surface area contributed by atoms with Crippen molar-refractivity contribution < 1.29 is 4.79 Å². The fraction of sp³-hybridized carbons (Fsp3) is 0.125. The number of urea groups is 1. The van der Waals surface area contributed by atoms with Crippen molar-refractivity contribution in [2.45, 2.75) is 19.9 Å². The molecule has 0 saturated heterocycles. The van der Waals surface area contributed by atoms with Crippen molar-refractivity contribution >= 4 is 22.5 Å². The Bertz CT molecular complexity index is 1150. The van der Waals surface area contributed by atoms with E-state index in [0.717, 1.165) is 38.8 Å². The predicted molar refractivity (Wildman–Crippen MR) is 117 cm³/mol. The van der Waals surface area contributed by atoms with Crippen LogP contribution in [0.1, 0.15) is 24.2 Å². The maximum Gasteiger partial charge on any atom is 0.319 e. The van der Waals surface area contributed by atoms with Gasteiger partial charge in [-0.15, -0.1) is 0 Å². The fourth-order valence-electron chi connectivity index (χ4n) is 3.29. The van der Waals surface area contributed by atoms with Gasteiger partial charge in [0, 0.05) is 35.4 Å². The molecule has 0 saturated carbocycles. The molecule has 2 aromatic heterocycles. The molecule has 2 aromatic carbocycles. The average Bonchev–Trinajstić information content (AvgIpc) is 2.74. The number of hydrogen-bond donors (Lipinski definition) is 2. The average molecular weight is 382 g/mol. The van der Waals surface area contributed by atoms with Gasteiger partial charge in [0.05, 0.1) is 6.04 Å². The van der Waals surface area contributed by atoms with Crippen LogP contribution in [0.5, 0.6) is 0 Å². The summed E-state index contributed by atoms with van der Waals surface area (Å²) in [6, 6.07) is 19.5. The largest absolute Gasteiger partial charge is 0.331 e. The SMILES string of the molecule is Cc1cc(-c2ccc(NC(=O)NC(C)c3ccc4cnccc4c3)cc2)ccn1. The van der Waals surface area contributed by atoms with Crippen molar-refractivity contribution in [1.29, 1.82) is 0 Å². The highest BCUT2D eigenvalue weighted by atomic mass is 16.2. The second-order valence-electron chi connectivity index (χ2n) is 7.07. The summed E-state index contributed by atoms with van der Waals surface area (Å²) in [7, 11) is 0. The first-order chi connectivity index (χ1) is 14.1. The maximum absolute atomic E-state index is 12.4. The molecule has 4 rings (SSSR count). The van der Waals surface area contributed by atoms with E-state index in [1.807, 2.05) is 74.6 Å². The quantitative estimate of drug-likeness (QED) is 0.490. The molecule has 0 aliphatic heterocycles. The van der Waals surface area contributed by atoms with Crippen molar-refractivity contribution in [2.75, 3.05) is 5.32 Å². The Morgan fingerprint density at radius 1 is 0.897 bits per heavy atom. The van der Waals surface area contributed by atoms with Gasteiger partial charge in [-0.05, 0) is 72.3 Å². The highest BCUT2D eigenvalue weighted by Crippen LogP contribution is 2.22. The van der Waals surface area contributed by atoms with E-state index >= 15 is 0 Å². The third-order valence-corrected chi connectivity index (χ3v) is 4.88. The lowest BCUT2D eigenvalue weighted by molar-refractivity contribution is 0.249. The van der Waals surface area contributed by atoms with Gasteiger partial charge < -0.3 is 10.6 Å². The van der Waals surface area contributed by atoms with Crippen LogP contribution in [0.15, 0.2) is 79.3 Å². The molecule has 0 fully saturated rings. The minimum Gasteiger partial charge on any atom is -0.331 e. The normalized spacial score (nSPS) is 11.8. The van der Waals surface area contributed by atoms with Crippen LogP contribution in [-0.4, -0.2) is 16.0 Å². The van der Waals surface area contributed by atoms with Crippen molar-refractivity contribution in [3.8, 4) is 11.1 Å². The van der Waals surface area contributed by atoms with Gasteiger partial charge in [0.2, 0.25) is 0 Å². The number of benzene rings is 2. The summed E-state index contributed by atoms with van der Waals surface area (Å²) in [6.07, 6.45) is 5.41. The number of anilines is 1. The van der Waals surface area contributed by atoms with E-state index in [9.17, 15) is 4.79 Å². The van der Waals surface area contributed by atoms with Crippen LogP contribution in [0.3, 0.4) is 0 Å². The Morgan fingerprint density at radius 3 is 2.52 bits per heavy atom. The predicted octanol–water partition coefficient (Wildman–Crippen LogP) is 5.49. The van der Waals surface area contributed by atoms with E-state index in [2.05, 4.69) is 26.7 Å². The number of carbonyl (C=O) groups excluding carboxylic acids is 1. The molecule has 0 bridgehead atoms. The third-order valence-electron chi connectivity index (χ3n) is 4.88. The van der Waals surface area contributed by atoms with Gasteiger partial charge in [-0.25, -0.2) is 4.79 Å². The number of fused-ring (bicyclic) bond motifs is 1. The van der Waals surface area contributed by atoms with Gasteiger partial charge in [0.15, 0.2) is 0 Å². The van der Waals surface area contributed by atoms with Crippen LogP contribution in [-0.2, 0) is 0 Å². The summed E-state index contributed by atoms with van der Waals surface area (Å²) in [5.41, 5.74) is 4.95. The highest BCUT2D eigenvalue weighted by Gasteiger charge is 2.10. The lowest BCUT2D eigenvalue weighted by Crippen LogP contribution is -2.31. The van der Waals surface area contributed by atoms with E-state index in [-0.39, 0.29) is 12.1 Å². The molecule has 0 aliphatic carbocycles. The first-order valence-electron chi connectivity index (χ1n) is 9.53. The molecule has 5 nitrogen and oxygen atoms in total. The van der Waals surface area contributed by atoms with E-state index < -0.39 is 0 Å². The van der Waals surface area contributed by atoms with E-state index in [1.54, 1.807) is 12.4 Å². The number of nitrogens with one attached hydrogen (secondary N) is 2. The number of aryl methyl sites for hydroxylation is 1. The first-order valence-corrected chi connectivity index (χ1v) is 9.53. The molecule has 0 aliphatic rings. The van der Waals surface area contributed by atoms with Crippen molar-refractivity contribution in [3.05, 3.63) is 90.5 Å². The summed E-state index contributed by atoms with van der Waals surface area (Å²) in [5, 5.41) is 8.07.